The Bertz CT molecular complexity index is 615. The van der Waals surface area contributed by atoms with Crippen molar-refractivity contribution in [2.75, 3.05) is 11.5 Å². The van der Waals surface area contributed by atoms with Gasteiger partial charge < -0.3 is 11.5 Å². The van der Waals surface area contributed by atoms with Gasteiger partial charge in [0, 0.05) is 16.9 Å². The maximum Gasteiger partial charge on any atom is 0.0430 e. The zero-order valence-corrected chi connectivity index (χ0v) is 13.4. The van der Waals surface area contributed by atoms with E-state index in [1.165, 1.54) is 18.4 Å². The van der Waals surface area contributed by atoms with Gasteiger partial charge in [0.1, 0.15) is 0 Å². The van der Waals surface area contributed by atoms with E-state index >= 15 is 0 Å². The van der Waals surface area contributed by atoms with Gasteiger partial charge in [-0.05, 0) is 48.9 Å². The van der Waals surface area contributed by atoms with E-state index in [2.05, 4.69) is 45.0 Å². The van der Waals surface area contributed by atoms with Gasteiger partial charge in [0.2, 0.25) is 0 Å². The molecule has 0 atom stereocenters. The Morgan fingerprint density at radius 2 is 1.48 bits per heavy atom. The first kappa shape index (κ1) is 15.4. The van der Waals surface area contributed by atoms with Crippen molar-refractivity contribution in [3.05, 3.63) is 47.0 Å². The third-order valence-corrected chi connectivity index (χ3v) is 4.36. The summed E-state index contributed by atoms with van der Waals surface area (Å²) in [7, 11) is 0. The quantitative estimate of drug-likeness (QED) is 0.607. The second kappa shape index (κ2) is 6.66. The van der Waals surface area contributed by atoms with Crippen LogP contribution in [-0.2, 0) is 6.42 Å². The number of hydrogen-bond acceptors (Lipinski definition) is 2. The second-order valence-corrected chi connectivity index (χ2v) is 5.75. The third kappa shape index (κ3) is 3.05. The van der Waals surface area contributed by atoms with Crippen LogP contribution in [0.3, 0.4) is 0 Å². The zero-order chi connectivity index (χ0) is 15.4. The molecule has 0 heterocycles. The highest BCUT2D eigenvalue weighted by molar-refractivity contribution is 5.87. The molecule has 0 saturated carbocycles. The Balaban J connectivity index is 2.60. The molecule has 0 unspecified atom stereocenters. The van der Waals surface area contributed by atoms with Crippen LogP contribution >= 0.6 is 0 Å². The monoisotopic (exact) mass is 282 g/mol. The highest BCUT2D eigenvalue weighted by Gasteiger charge is 2.17. The van der Waals surface area contributed by atoms with E-state index in [-0.39, 0.29) is 0 Å². The van der Waals surface area contributed by atoms with Crippen LogP contribution < -0.4 is 11.5 Å². The fourth-order valence-corrected chi connectivity index (χ4v) is 2.86. The average Bonchev–Trinajstić information content (AvgIpc) is 2.51. The van der Waals surface area contributed by atoms with Crippen molar-refractivity contribution < 1.29 is 0 Å². The molecule has 0 saturated heterocycles. The minimum absolute atomic E-state index is 0.874. The Kier molecular flexibility index (Phi) is 4.89. The van der Waals surface area contributed by atoms with Crippen LogP contribution in [0.2, 0.25) is 0 Å². The maximum atomic E-state index is 6.43. The van der Waals surface area contributed by atoms with Crippen LogP contribution in [0.1, 0.15) is 42.9 Å². The second-order valence-electron chi connectivity index (χ2n) is 5.75. The number of anilines is 2. The van der Waals surface area contributed by atoms with Gasteiger partial charge >= 0.3 is 0 Å². The highest BCUT2D eigenvalue weighted by atomic mass is 14.6. The van der Waals surface area contributed by atoms with Gasteiger partial charge in [0.25, 0.3) is 0 Å². The molecule has 112 valence electrons. The molecule has 0 aliphatic heterocycles. The van der Waals surface area contributed by atoms with Gasteiger partial charge in [0.05, 0.1) is 0 Å². The molecule has 0 bridgehead atoms. The van der Waals surface area contributed by atoms with Crippen LogP contribution in [0.5, 0.6) is 0 Å². The van der Waals surface area contributed by atoms with Gasteiger partial charge in [-0.25, -0.2) is 0 Å². The molecular weight excluding hydrogens is 256 g/mol. The van der Waals surface area contributed by atoms with E-state index in [0.29, 0.717) is 0 Å². The molecule has 0 amide bonds. The molecule has 21 heavy (non-hydrogen) atoms. The van der Waals surface area contributed by atoms with E-state index in [1.807, 2.05) is 6.07 Å². The average molecular weight is 282 g/mol. The summed E-state index contributed by atoms with van der Waals surface area (Å²) >= 11 is 0. The first-order valence-corrected chi connectivity index (χ1v) is 7.80. The molecule has 2 aromatic carbocycles. The maximum absolute atomic E-state index is 6.43. The molecule has 2 nitrogen and oxygen atoms in total. The summed E-state index contributed by atoms with van der Waals surface area (Å²) in [5.74, 6) is 0. The van der Waals surface area contributed by atoms with Crippen LogP contribution in [0, 0.1) is 13.8 Å². The molecule has 2 aromatic rings. The zero-order valence-electron chi connectivity index (χ0n) is 13.4. The lowest BCUT2D eigenvalue weighted by molar-refractivity contribution is 0.718. The number of benzene rings is 2. The Labute approximate surface area is 128 Å². The van der Waals surface area contributed by atoms with E-state index in [4.69, 9.17) is 11.5 Å². The topological polar surface area (TPSA) is 52.0 Å². The predicted octanol–water partition coefficient (Wildman–Crippen LogP) is 4.87. The molecule has 0 spiro atoms. The molecule has 0 aliphatic carbocycles. The minimum Gasteiger partial charge on any atom is -0.398 e. The number of hydrogen-bond donors (Lipinski definition) is 2. The standard InChI is InChI=1S/C19H26N2/c1-4-5-7-12-16-17(15-10-8-6-9-11-15)19(21)14(3)13(2)18(16)20/h6,8-11H,4-5,7,12,20-21H2,1-3H3. The summed E-state index contributed by atoms with van der Waals surface area (Å²) in [6.45, 7) is 6.35. The van der Waals surface area contributed by atoms with E-state index in [0.717, 1.165) is 46.5 Å². The first-order valence-electron chi connectivity index (χ1n) is 7.80. The highest BCUT2D eigenvalue weighted by Crippen LogP contribution is 2.39. The number of nitrogen functional groups attached to an aromatic ring is 2. The van der Waals surface area contributed by atoms with E-state index in [1.54, 1.807) is 0 Å². The lowest BCUT2D eigenvalue weighted by Gasteiger charge is -2.20. The SMILES string of the molecule is CCCCCc1c(N)c(C)c(C)c(N)c1-c1ccccc1. The molecule has 2 heteroatoms. The molecule has 0 aliphatic rings. The fourth-order valence-electron chi connectivity index (χ4n) is 2.86. The molecule has 0 aromatic heterocycles. The Morgan fingerprint density at radius 1 is 0.857 bits per heavy atom. The van der Waals surface area contributed by atoms with Gasteiger partial charge in [-0.2, -0.15) is 0 Å². The summed E-state index contributed by atoms with van der Waals surface area (Å²) in [5.41, 5.74) is 20.4. The molecule has 0 fully saturated rings. The van der Waals surface area contributed by atoms with Crippen molar-refractivity contribution in [1.29, 1.82) is 0 Å². The van der Waals surface area contributed by atoms with Crippen molar-refractivity contribution in [3.8, 4) is 11.1 Å². The number of rotatable bonds is 5. The molecule has 4 N–H and O–H groups in total. The van der Waals surface area contributed by atoms with Crippen LogP contribution in [0.25, 0.3) is 11.1 Å². The van der Waals surface area contributed by atoms with Crippen LogP contribution in [0.4, 0.5) is 11.4 Å². The van der Waals surface area contributed by atoms with E-state index in [9.17, 15) is 0 Å². The summed E-state index contributed by atoms with van der Waals surface area (Å²) in [5, 5.41) is 0. The van der Waals surface area contributed by atoms with E-state index < -0.39 is 0 Å². The summed E-state index contributed by atoms with van der Waals surface area (Å²) in [6.07, 6.45) is 4.58. The minimum atomic E-state index is 0.874. The van der Waals surface area contributed by atoms with Gasteiger partial charge in [0.15, 0.2) is 0 Å². The van der Waals surface area contributed by atoms with Crippen LogP contribution in [0.15, 0.2) is 30.3 Å². The summed E-state index contributed by atoms with van der Waals surface area (Å²) in [4.78, 5) is 0. The van der Waals surface area contributed by atoms with Crippen molar-refractivity contribution >= 4 is 11.4 Å². The largest absolute Gasteiger partial charge is 0.398 e. The molecule has 0 radical (unpaired) electrons. The van der Waals surface area contributed by atoms with Gasteiger partial charge in [-0.1, -0.05) is 50.1 Å². The van der Waals surface area contributed by atoms with Crippen molar-refractivity contribution in [1.82, 2.24) is 0 Å². The number of unbranched alkanes of at least 4 members (excludes halogenated alkanes) is 2. The Hall–Kier alpha value is -1.96. The van der Waals surface area contributed by atoms with Crippen molar-refractivity contribution in [3.63, 3.8) is 0 Å². The fraction of sp³-hybridized carbons (Fsp3) is 0.368. The lowest BCUT2D eigenvalue weighted by Crippen LogP contribution is -2.07. The summed E-state index contributed by atoms with van der Waals surface area (Å²) in [6, 6.07) is 10.4. The van der Waals surface area contributed by atoms with Gasteiger partial charge in [-0.15, -0.1) is 0 Å². The predicted molar refractivity (Wildman–Crippen MR) is 93.4 cm³/mol. The number of nitrogens with two attached hydrogens (primary N) is 2. The normalized spacial score (nSPS) is 10.8. The van der Waals surface area contributed by atoms with Crippen molar-refractivity contribution in [2.24, 2.45) is 0 Å². The van der Waals surface area contributed by atoms with Gasteiger partial charge in [-0.3, -0.25) is 0 Å². The smallest absolute Gasteiger partial charge is 0.0430 e. The first-order chi connectivity index (χ1) is 10.1. The Morgan fingerprint density at radius 3 is 2.10 bits per heavy atom. The molecular formula is C19H26N2. The lowest BCUT2D eigenvalue weighted by atomic mass is 9.88. The third-order valence-electron chi connectivity index (χ3n) is 4.36. The molecule has 2 rings (SSSR count). The van der Waals surface area contributed by atoms with Crippen molar-refractivity contribution in [2.45, 2.75) is 46.5 Å². The summed E-state index contributed by atoms with van der Waals surface area (Å²) < 4.78 is 0. The van der Waals surface area contributed by atoms with Crippen LogP contribution in [-0.4, -0.2) is 0 Å².